The number of hydrogen-bond acceptors (Lipinski definition) is 3. The van der Waals surface area contributed by atoms with E-state index in [1.54, 1.807) is 0 Å². The normalized spacial score (nSPS) is 7.11. The minimum Gasteiger partial charge on any atom is -0.469 e. The molecule has 0 unspecified atom stereocenters. The molecule has 0 radical (unpaired) electrons. The molecule has 0 amide bonds. The second kappa shape index (κ2) is 10.4. The zero-order chi connectivity index (χ0) is 7.70. The van der Waals surface area contributed by atoms with E-state index < -0.39 is 0 Å². The maximum Gasteiger partial charge on any atom is 0.305 e. The Bertz CT molecular complexity index is 64.1. The van der Waals surface area contributed by atoms with Crippen LogP contribution in [0.3, 0.4) is 0 Å². The lowest BCUT2D eigenvalue weighted by Crippen LogP contribution is -1.97. The Morgan fingerprint density at radius 3 is 2.11 bits per heavy atom. The minimum absolute atomic E-state index is 0.123. The van der Waals surface area contributed by atoms with Crippen molar-refractivity contribution in [1.29, 1.82) is 0 Å². The molecule has 3 nitrogen and oxygen atoms in total. The Kier molecular flexibility index (Phi) is 13.0. The van der Waals surface area contributed by atoms with Crippen LogP contribution >= 0.6 is 0 Å². The van der Waals surface area contributed by atoms with Crippen LogP contribution in [0.5, 0.6) is 0 Å². The van der Waals surface area contributed by atoms with Crippen molar-refractivity contribution in [2.45, 2.75) is 19.8 Å². The summed E-state index contributed by atoms with van der Waals surface area (Å²) in [7, 11) is 2.90. The molecule has 0 aromatic rings. The standard InChI is InChI=1S/C5H10O2.CH5N/c1-3-4-5(6)7-2;1-2/h3-4H2,1-2H3;2H2,1H3. The number of methoxy groups -OCH3 is 1. The second-order valence-corrected chi connectivity index (χ2v) is 1.33. The molecule has 0 heterocycles. The SMILES string of the molecule is CCCC(=O)OC.CN. The number of nitrogens with two attached hydrogens (primary N) is 1. The second-order valence-electron chi connectivity index (χ2n) is 1.33. The van der Waals surface area contributed by atoms with Crippen molar-refractivity contribution in [3.63, 3.8) is 0 Å². The van der Waals surface area contributed by atoms with Crippen LogP contribution in [0.2, 0.25) is 0 Å². The van der Waals surface area contributed by atoms with Gasteiger partial charge in [0.25, 0.3) is 0 Å². The van der Waals surface area contributed by atoms with Crippen molar-refractivity contribution in [3.05, 3.63) is 0 Å². The van der Waals surface area contributed by atoms with Crippen LogP contribution in [0, 0.1) is 0 Å². The molecular weight excluding hydrogens is 118 g/mol. The molecule has 0 fully saturated rings. The number of carbonyl (C=O) groups is 1. The van der Waals surface area contributed by atoms with Gasteiger partial charge in [0.05, 0.1) is 7.11 Å². The van der Waals surface area contributed by atoms with Crippen molar-refractivity contribution < 1.29 is 9.53 Å². The Hall–Kier alpha value is -0.570. The molecule has 0 spiro atoms. The minimum atomic E-state index is -0.123. The molecule has 0 aliphatic rings. The van der Waals surface area contributed by atoms with Gasteiger partial charge in [-0.1, -0.05) is 6.92 Å². The first kappa shape index (κ1) is 11.3. The van der Waals surface area contributed by atoms with E-state index in [0.29, 0.717) is 6.42 Å². The summed E-state index contributed by atoms with van der Waals surface area (Å²) in [5.74, 6) is -0.123. The van der Waals surface area contributed by atoms with E-state index in [1.165, 1.54) is 14.2 Å². The lowest BCUT2D eigenvalue weighted by molar-refractivity contribution is -0.140. The quantitative estimate of drug-likeness (QED) is 0.559. The zero-order valence-electron chi connectivity index (χ0n) is 6.31. The van der Waals surface area contributed by atoms with Crippen LogP contribution in [0.15, 0.2) is 0 Å². The maximum absolute atomic E-state index is 10.2. The van der Waals surface area contributed by atoms with Gasteiger partial charge in [-0.2, -0.15) is 0 Å². The third-order valence-electron chi connectivity index (χ3n) is 0.682. The van der Waals surface area contributed by atoms with Gasteiger partial charge in [0.2, 0.25) is 0 Å². The van der Waals surface area contributed by atoms with E-state index in [1.807, 2.05) is 6.92 Å². The lowest BCUT2D eigenvalue weighted by Gasteiger charge is -1.91. The third-order valence-corrected chi connectivity index (χ3v) is 0.682. The number of ether oxygens (including phenoxy) is 1. The molecule has 0 atom stereocenters. The molecule has 3 heteroatoms. The fourth-order valence-corrected chi connectivity index (χ4v) is 0.306. The molecule has 0 rings (SSSR count). The topological polar surface area (TPSA) is 52.3 Å². The van der Waals surface area contributed by atoms with E-state index in [2.05, 4.69) is 10.5 Å². The summed E-state index contributed by atoms with van der Waals surface area (Å²) in [5, 5.41) is 0. The van der Waals surface area contributed by atoms with Crippen molar-refractivity contribution in [3.8, 4) is 0 Å². The van der Waals surface area contributed by atoms with Crippen molar-refractivity contribution in [1.82, 2.24) is 0 Å². The van der Waals surface area contributed by atoms with Crippen LogP contribution < -0.4 is 5.73 Å². The number of rotatable bonds is 2. The molecule has 0 saturated carbocycles. The van der Waals surface area contributed by atoms with Crippen molar-refractivity contribution in [2.24, 2.45) is 5.73 Å². The number of carbonyl (C=O) groups excluding carboxylic acids is 1. The Morgan fingerprint density at radius 1 is 1.56 bits per heavy atom. The van der Waals surface area contributed by atoms with E-state index in [-0.39, 0.29) is 5.97 Å². The van der Waals surface area contributed by atoms with Gasteiger partial charge < -0.3 is 10.5 Å². The van der Waals surface area contributed by atoms with Gasteiger partial charge in [0.1, 0.15) is 0 Å². The summed E-state index contributed by atoms with van der Waals surface area (Å²) in [4.78, 5) is 10.2. The lowest BCUT2D eigenvalue weighted by atomic mass is 10.3. The van der Waals surface area contributed by atoms with Crippen molar-refractivity contribution >= 4 is 5.97 Å². The molecular formula is C6H15NO2. The van der Waals surface area contributed by atoms with Gasteiger partial charge in [-0.3, -0.25) is 4.79 Å². The highest BCUT2D eigenvalue weighted by molar-refractivity contribution is 5.68. The summed E-state index contributed by atoms with van der Waals surface area (Å²) < 4.78 is 4.35. The van der Waals surface area contributed by atoms with Gasteiger partial charge in [0.15, 0.2) is 0 Å². The smallest absolute Gasteiger partial charge is 0.305 e. The number of esters is 1. The predicted octanol–water partition coefficient (Wildman–Crippen LogP) is 0.534. The highest BCUT2D eigenvalue weighted by Gasteiger charge is 1.92. The Labute approximate surface area is 56.2 Å². The van der Waals surface area contributed by atoms with Gasteiger partial charge in [-0.05, 0) is 13.5 Å². The number of hydrogen-bond donors (Lipinski definition) is 1. The van der Waals surface area contributed by atoms with Crippen LogP contribution in [0.1, 0.15) is 19.8 Å². The Balaban J connectivity index is 0. The van der Waals surface area contributed by atoms with Crippen LogP contribution in [0.4, 0.5) is 0 Å². The molecule has 0 aromatic carbocycles. The molecule has 0 saturated heterocycles. The first-order valence-corrected chi connectivity index (χ1v) is 2.95. The average Bonchev–Trinajstić information content (AvgIpc) is 1.93. The third kappa shape index (κ3) is 11.2. The summed E-state index contributed by atoms with van der Waals surface area (Å²) >= 11 is 0. The van der Waals surface area contributed by atoms with Gasteiger partial charge in [-0.15, -0.1) is 0 Å². The predicted molar refractivity (Wildman–Crippen MR) is 37.0 cm³/mol. The van der Waals surface area contributed by atoms with Crippen LogP contribution in [-0.4, -0.2) is 20.1 Å². The van der Waals surface area contributed by atoms with Crippen molar-refractivity contribution in [2.75, 3.05) is 14.2 Å². The highest BCUT2D eigenvalue weighted by Crippen LogP contribution is 1.86. The summed E-state index contributed by atoms with van der Waals surface area (Å²) in [6, 6.07) is 0. The van der Waals surface area contributed by atoms with E-state index in [0.717, 1.165) is 6.42 Å². The molecule has 0 aliphatic carbocycles. The summed E-state index contributed by atoms with van der Waals surface area (Å²) in [6.07, 6.45) is 1.41. The largest absolute Gasteiger partial charge is 0.469 e. The molecule has 0 aromatic heterocycles. The molecule has 56 valence electrons. The van der Waals surface area contributed by atoms with Crippen LogP contribution in [0.25, 0.3) is 0 Å². The van der Waals surface area contributed by atoms with Gasteiger partial charge in [0, 0.05) is 6.42 Å². The molecule has 0 bridgehead atoms. The summed E-state index contributed by atoms with van der Waals surface area (Å²) in [6.45, 7) is 1.94. The van der Waals surface area contributed by atoms with Gasteiger partial charge >= 0.3 is 5.97 Å². The fourth-order valence-electron chi connectivity index (χ4n) is 0.306. The van der Waals surface area contributed by atoms with E-state index in [4.69, 9.17) is 0 Å². The monoisotopic (exact) mass is 133 g/mol. The van der Waals surface area contributed by atoms with E-state index in [9.17, 15) is 4.79 Å². The van der Waals surface area contributed by atoms with Gasteiger partial charge in [-0.25, -0.2) is 0 Å². The fraction of sp³-hybridized carbons (Fsp3) is 0.833. The molecule has 0 aliphatic heterocycles. The molecule has 2 N–H and O–H groups in total. The maximum atomic E-state index is 10.2. The average molecular weight is 133 g/mol. The highest BCUT2D eigenvalue weighted by atomic mass is 16.5. The van der Waals surface area contributed by atoms with Crippen LogP contribution in [-0.2, 0) is 9.53 Å². The first-order chi connectivity index (χ1) is 4.31. The zero-order valence-corrected chi connectivity index (χ0v) is 6.31. The van der Waals surface area contributed by atoms with E-state index >= 15 is 0 Å². The first-order valence-electron chi connectivity index (χ1n) is 2.95. The Morgan fingerprint density at radius 2 is 2.00 bits per heavy atom. The summed E-state index contributed by atoms with van der Waals surface area (Å²) in [5.41, 5.74) is 4.50. The molecule has 9 heavy (non-hydrogen) atoms.